The van der Waals surface area contributed by atoms with Crippen LogP contribution in [-0.2, 0) is 0 Å². The van der Waals surface area contributed by atoms with Crippen LogP contribution in [0.4, 0.5) is 0 Å². The average molecular weight is 246 g/mol. The Morgan fingerprint density at radius 1 is 1.40 bits per heavy atom. The lowest BCUT2D eigenvalue weighted by Gasteiger charge is -2.11. The maximum Gasteiger partial charge on any atom is 0.0931 e. The molecule has 86 valence electrons. The van der Waals surface area contributed by atoms with E-state index >= 15 is 0 Å². The second kappa shape index (κ2) is 7.26. The van der Waals surface area contributed by atoms with Gasteiger partial charge in [-0.1, -0.05) is 37.8 Å². The van der Waals surface area contributed by atoms with Crippen molar-refractivity contribution < 1.29 is 0 Å². The highest BCUT2D eigenvalue weighted by atomic mass is 35.5. The molecule has 1 N–H and O–H groups in total. The highest BCUT2D eigenvalue weighted by Gasteiger charge is 2.05. The number of hydrogen-bond acceptors (Lipinski definition) is 2. The zero-order chi connectivity index (χ0) is 11.1. The third kappa shape index (κ3) is 5.01. The molecule has 0 fully saturated rings. The Labute approximate surface area is 102 Å². The van der Waals surface area contributed by atoms with E-state index in [0.717, 1.165) is 10.9 Å². The summed E-state index contributed by atoms with van der Waals surface area (Å²) in [6.45, 7) is 5.54. The van der Waals surface area contributed by atoms with E-state index in [-0.39, 0.29) is 0 Å². The fourth-order valence-electron chi connectivity index (χ4n) is 1.54. The predicted molar refractivity (Wildman–Crippen MR) is 69.9 cm³/mol. The summed E-state index contributed by atoms with van der Waals surface area (Å²) >= 11 is 7.50. The summed E-state index contributed by atoms with van der Waals surface area (Å²) in [5.74, 6) is 0. The van der Waals surface area contributed by atoms with Crippen molar-refractivity contribution in [1.29, 1.82) is 0 Å². The molecule has 0 saturated carbocycles. The fraction of sp³-hybridized carbons (Fsp3) is 0.667. The normalized spacial score (nSPS) is 13.0. The van der Waals surface area contributed by atoms with E-state index < -0.39 is 0 Å². The molecule has 0 saturated heterocycles. The monoisotopic (exact) mass is 245 g/mol. The fourth-order valence-corrected chi connectivity index (χ4v) is 2.52. The summed E-state index contributed by atoms with van der Waals surface area (Å²) in [5.41, 5.74) is 1.31. The Bertz CT molecular complexity index is 272. The molecule has 3 heteroatoms. The largest absolute Gasteiger partial charge is 0.310 e. The topological polar surface area (TPSA) is 12.0 Å². The molecule has 15 heavy (non-hydrogen) atoms. The van der Waals surface area contributed by atoms with E-state index in [4.69, 9.17) is 11.6 Å². The zero-order valence-electron chi connectivity index (χ0n) is 9.55. The van der Waals surface area contributed by atoms with Gasteiger partial charge in [0.1, 0.15) is 0 Å². The summed E-state index contributed by atoms with van der Waals surface area (Å²) in [5, 5.41) is 5.65. The number of halogens is 1. The molecular formula is C12H20ClNS. The lowest BCUT2D eigenvalue weighted by molar-refractivity contribution is 0.537. The number of rotatable bonds is 7. The Balaban J connectivity index is 2.16. The number of nitrogens with one attached hydrogen (secondary N) is 1. The van der Waals surface area contributed by atoms with Gasteiger partial charge in [0.2, 0.25) is 0 Å². The minimum atomic E-state index is 0.426. The molecule has 1 aromatic rings. The Hall–Kier alpha value is -0.0500. The van der Waals surface area contributed by atoms with Gasteiger partial charge in [-0.15, -0.1) is 11.3 Å². The van der Waals surface area contributed by atoms with Gasteiger partial charge in [-0.25, -0.2) is 0 Å². The average Bonchev–Trinajstić information content (AvgIpc) is 2.64. The van der Waals surface area contributed by atoms with Gasteiger partial charge in [-0.05, 0) is 36.9 Å². The summed E-state index contributed by atoms with van der Waals surface area (Å²) in [4.78, 5) is 0. The van der Waals surface area contributed by atoms with Gasteiger partial charge in [0, 0.05) is 6.04 Å². The molecule has 0 aromatic carbocycles. The van der Waals surface area contributed by atoms with Gasteiger partial charge in [-0.3, -0.25) is 0 Å². The molecule has 0 radical (unpaired) electrons. The molecule has 0 aliphatic heterocycles. The number of hydrogen-bond donors (Lipinski definition) is 1. The highest BCUT2D eigenvalue weighted by Crippen LogP contribution is 2.24. The van der Waals surface area contributed by atoms with E-state index in [0.29, 0.717) is 6.04 Å². The minimum absolute atomic E-state index is 0.426. The second-order valence-corrected chi connectivity index (χ2v) is 5.46. The SMILES string of the molecule is CCCCCCNC(C)c1csc(Cl)c1. The van der Waals surface area contributed by atoms with Crippen molar-refractivity contribution in [2.75, 3.05) is 6.54 Å². The maximum absolute atomic E-state index is 5.90. The maximum atomic E-state index is 5.90. The van der Waals surface area contributed by atoms with Crippen molar-refractivity contribution >= 4 is 22.9 Å². The first-order chi connectivity index (χ1) is 7.24. The van der Waals surface area contributed by atoms with Crippen LogP contribution < -0.4 is 5.32 Å². The zero-order valence-corrected chi connectivity index (χ0v) is 11.1. The van der Waals surface area contributed by atoms with E-state index in [1.54, 1.807) is 11.3 Å². The van der Waals surface area contributed by atoms with Crippen LogP contribution in [0.5, 0.6) is 0 Å². The van der Waals surface area contributed by atoms with Gasteiger partial charge in [-0.2, -0.15) is 0 Å². The van der Waals surface area contributed by atoms with Gasteiger partial charge >= 0.3 is 0 Å². The van der Waals surface area contributed by atoms with Crippen LogP contribution in [0.2, 0.25) is 4.34 Å². The highest BCUT2D eigenvalue weighted by molar-refractivity contribution is 7.14. The van der Waals surface area contributed by atoms with Crippen molar-refractivity contribution in [2.24, 2.45) is 0 Å². The molecule has 0 bridgehead atoms. The number of unbranched alkanes of at least 4 members (excludes halogenated alkanes) is 3. The molecule has 1 heterocycles. The van der Waals surface area contributed by atoms with Crippen LogP contribution in [0.1, 0.15) is 51.1 Å². The summed E-state index contributed by atoms with van der Waals surface area (Å²) in [6, 6.07) is 2.48. The van der Waals surface area contributed by atoms with Crippen LogP contribution in [0, 0.1) is 0 Å². The smallest absolute Gasteiger partial charge is 0.0931 e. The van der Waals surface area contributed by atoms with Crippen molar-refractivity contribution in [2.45, 2.75) is 45.6 Å². The Kier molecular flexibility index (Phi) is 6.30. The van der Waals surface area contributed by atoms with Crippen LogP contribution in [0.15, 0.2) is 11.4 Å². The van der Waals surface area contributed by atoms with Crippen LogP contribution in [-0.4, -0.2) is 6.54 Å². The molecule has 0 spiro atoms. The first-order valence-corrected chi connectivity index (χ1v) is 6.97. The van der Waals surface area contributed by atoms with Crippen LogP contribution in [0.3, 0.4) is 0 Å². The van der Waals surface area contributed by atoms with Gasteiger partial charge in [0.15, 0.2) is 0 Å². The van der Waals surface area contributed by atoms with Crippen LogP contribution in [0.25, 0.3) is 0 Å². The minimum Gasteiger partial charge on any atom is -0.310 e. The Morgan fingerprint density at radius 3 is 2.80 bits per heavy atom. The Morgan fingerprint density at radius 2 is 2.20 bits per heavy atom. The predicted octanol–water partition coefficient (Wildman–Crippen LogP) is 4.63. The molecule has 1 nitrogen and oxygen atoms in total. The molecule has 1 rings (SSSR count). The molecule has 1 unspecified atom stereocenters. The quantitative estimate of drug-likeness (QED) is 0.691. The summed E-state index contributed by atoms with van der Waals surface area (Å²) in [6.07, 6.45) is 5.26. The first-order valence-electron chi connectivity index (χ1n) is 5.71. The van der Waals surface area contributed by atoms with Crippen molar-refractivity contribution in [3.63, 3.8) is 0 Å². The van der Waals surface area contributed by atoms with Gasteiger partial charge in [0.25, 0.3) is 0 Å². The second-order valence-electron chi connectivity index (χ2n) is 3.92. The molecular weight excluding hydrogens is 226 g/mol. The van der Waals surface area contributed by atoms with Crippen molar-refractivity contribution in [1.82, 2.24) is 5.32 Å². The van der Waals surface area contributed by atoms with Crippen molar-refractivity contribution in [3.8, 4) is 0 Å². The molecule has 0 amide bonds. The van der Waals surface area contributed by atoms with Gasteiger partial charge < -0.3 is 5.32 Å². The van der Waals surface area contributed by atoms with E-state index in [2.05, 4.69) is 30.6 Å². The van der Waals surface area contributed by atoms with Crippen LogP contribution >= 0.6 is 22.9 Å². The van der Waals surface area contributed by atoms with Gasteiger partial charge in [0.05, 0.1) is 4.34 Å². The number of thiophene rings is 1. The standard InChI is InChI=1S/C12H20ClNS/c1-3-4-5-6-7-14-10(2)11-8-12(13)15-9-11/h8-10,14H,3-7H2,1-2H3. The van der Waals surface area contributed by atoms with Crippen molar-refractivity contribution in [3.05, 3.63) is 21.3 Å². The molecule has 1 atom stereocenters. The molecule has 0 aliphatic rings. The molecule has 0 aliphatic carbocycles. The summed E-state index contributed by atoms with van der Waals surface area (Å²) in [7, 11) is 0. The molecule has 1 aromatic heterocycles. The lowest BCUT2D eigenvalue weighted by Crippen LogP contribution is -2.19. The van der Waals surface area contributed by atoms with E-state index in [1.807, 2.05) is 0 Å². The lowest BCUT2D eigenvalue weighted by atomic mass is 10.1. The van der Waals surface area contributed by atoms with E-state index in [9.17, 15) is 0 Å². The third-order valence-electron chi connectivity index (χ3n) is 2.57. The third-order valence-corrected chi connectivity index (χ3v) is 3.68. The van der Waals surface area contributed by atoms with E-state index in [1.165, 1.54) is 31.2 Å². The summed E-state index contributed by atoms with van der Waals surface area (Å²) < 4.78 is 0.879. The first kappa shape index (κ1) is 13.0.